The molecule has 3 rings (SSSR count). The number of carbonyl (C=O) groups is 1. The van der Waals surface area contributed by atoms with Crippen molar-refractivity contribution < 1.29 is 27.8 Å². The molecule has 30 heavy (non-hydrogen) atoms. The van der Waals surface area contributed by atoms with E-state index >= 15 is 0 Å². The average molecular weight is 462 g/mol. The number of halogens is 4. The Balaban J connectivity index is 0.000000396. The van der Waals surface area contributed by atoms with Gasteiger partial charge < -0.3 is 15.2 Å². The number of hydrogen-bond acceptors (Lipinski definition) is 4. The third-order valence-corrected chi connectivity index (χ3v) is 6.14. The van der Waals surface area contributed by atoms with Crippen molar-refractivity contribution in [2.75, 3.05) is 20.2 Å². The van der Waals surface area contributed by atoms with Crippen LogP contribution in [0.15, 0.2) is 46.2 Å². The number of aryl methyl sites for hydroxylation is 1. The molecule has 2 N–H and O–H groups in total. The van der Waals surface area contributed by atoms with E-state index in [1.54, 1.807) is 18.9 Å². The monoisotopic (exact) mass is 461 g/mol. The van der Waals surface area contributed by atoms with Gasteiger partial charge in [0, 0.05) is 9.79 Å². The second kappa shape index (κ2) is 10.9. The molecule has 0 aliphatic carbocycles. The molecule has 1 aliphatic rings. The van der Waals surface area contributed by atoms with E-state index in [0.717, 1.165) is 28.8 Å². The van der Waals surface area contributed by atoms with E-state index < -0.39 is 12.1 Å². The largest absolute Gasteiger partial charge is 0.497 e. The highest BCUT2D eigenvalue weighted by Crippen LogP contribution is 2.40. The van der Waals surface area contributed by atoms with Crippen LogP contribution < -0.4 is 10.1 Å². The second-order valence-corrected chi connectivity index (χ2v) is 8.26. The van der Waals surface area contributed by atoms with E-state index in [4.69, 9.17) is 26.2 Å². The van der Waals surface area contributed by atoms with Crippen molar-refractivity contribution in [1.29, 1.82) is 0 Å². The second-order valence-electron chi connectivity index (χ2n) is 6.77. The fourth-order valence-electron chi connectivity index (χ4n) is 3.02. The Bertz CT molecular complexity index is 871. The minimum absolute atomic E-state index is 0.635. The van der Waals surface area contributed by atoms with Gasteiger partial charge in [0.15, 0.2) is 0 Å². The van der Waals surface area contributed by atoms with Crippen molar-refractivity contribution in [3.63, 3.8) is 0 Å². The Morgan fingerprint density at radius 3 is 2.30 bits per heavy atom. The highest BCUT2D eigenvalue weighted by Gasteiger charge is 2.38. The lowest BCUT2D eigenvalue weighted by Gasteiger charge is -2.25. The summed E-state index contributed by atoms with van der Waals surface area (Å²) in [5, 5.41) is 11.3. The summed E-state index contributed by atoms with van der Waals surface area (Å²) in [6.07, 6.45) is -2.68. The molecule has 1 fully saturated rings. The predicted octanol–water partition coefficient (Wildman–Crippen LogP) is 5.91. The van der Waals surface area contributed by atoms with E-state index in [1.165, 1.54) is 28.9 Å². The van der Waals surface area contributed by atoms with Crippen LogP contribution in [0.25, 0.3) is 0 Å². The maximum absolute atomic E-state index is 10.6. The average Bonchev–Trinajstić information content (AvgIpc) is 2.71. The van der Waals surface area contributed by atoms with Crippen LogP contribution in [-0.4, -0.2) is 37.5 Å². The smallest absolute Gasteiger partial charge is 0.490 e. The van der Waals surface area contributed by atoms with Gasteiger partial charge in [-0.2, -0.15) is 13.2 Å². The molecule has 0 bridgehead atoms. The number of carboxylic acids is 1. The van der Waals surface area contributed by atoms with Gasteiger partial charge in [0.25, 0.3) is 0 Å². The third kappa shape index (κ3) is 7.11. The van der Waals surface area contributed by atoms with Gasteiger partial charge in [-0.1, -0.05) is 41.1 Å². The first-order valence-corrected chi connectivity index (χ1v) is 10.4. The van der Waals surface area contributed by atoms with Crippen LogP contribution in [-0.2, 0) is 4.79 Å². The van der Waals surface area contributed by atoms with Crippen molar-refractivity contribution in [2.45, 2.75) is 41.7 Å². The van der Waals surface area contributed by atoms with E-state index in [1.807, 2.05) is 18.2 Å². The Hall–Kier alpha value is -1.90. The lowest BCUT2D eigenvalue weighted by molar-refractivity contribution is -0.192. The molecule has 0 radical (unpaired) electrons. The van der Waals surface area contributed by atoms with Crippen LogP contribution >= 0.6 is 23.4 Å². The summed E-state index contributed by atoms with van der Waals surface area (Å²) >= 11 is 8.17. The number of alkyl halides is 3. The zero-order chi connectivity index (χ0) is 22.3. The maximum atomic E-state index is 10.6. The van der Waals surface area contributed by atoms with Gasteiger partial charge in [-0.3, -0.25) is 0 Å². The number of benzene rings is 2. The summed E-state index contributed by atoms with van der Waals surface area (Å²) < 4.78 is 37.0. The molecule has 1 aliphatic heterocycles. The van der Waals surface area contributed by atoms with Gasteiger partial charge in [0.1, 0.15) is 5.75 Å². The summed E-state index contributed by atoms with van der Waals surface area (Å²) in [5.41, 5.74) is 2.78. The number of piperidine rings is 1. The Morgan fingerprint density at radius 2 is 1.77 bits per heavy atom. The van der Waals surface area contributed by atoms with E-state index in [-0.39, 0.29) is 0 Å². The zero-order valence-electron chi connectivity index (χ0n) is 16.6. The van der Waals surface area contributed by atoms with Gasteiger partial charge in [-0.15, -0.1) is 0 Å². The van der Waals surface area contributed by atoms with Crippen LogP contribution in [0.5, 0.6) is 5.75 Å². The van der Waals surface area contributed by atoms with Crippen LogP contribution in [0.3, 0.4) is 0 Å². The van der Waals surface area contributed by atoms with Gasteiger partial charge >= 0.3 is 12.1 Å². The topological polar surface area (TPSA) is 58.6 Å². The molecule has 0 spiro atoms. The summed E-state index contributed by atoms with van der Waals surface area (Å²) in [5.74, 6) is -1.33. The SMILES string of the molecule is COc1ccc(Sc2ccc(C)cc2C2CCNCC2)c(Cl)c1.O=C(O)C(F)(F)F. The van der Waals surface area contributed by atoms with Crippen molar-refractivity contribution in [3.05, 3.63) is 52.5 Å². The number of nitrogens with one attached hydrogen (secondary N) is 1. The molecule has 0 aromatic heterocycles. The number of carboxylic acid groups (broad SMARTS) is 1. The molecular weight excluding hydrogens is 439 g/mol. The quantitative estimate of drug-likeness (QED) is 0.593. The number of ether oxygens (including phenoxy) is 1. The van der Waals surface area contributed by atoms with Gasteiger partial charge in [0.05, 0.1) is 12.1 Å². The minimum atomic E-state index is -5.08. The van der Waals surface area contributed by atoms with Crippen molar-refractivity contribution in [1.82, 2.24) is 5.32 Å². The number of methoxy groups -OCH3 is 1. The summed E-state index contributed by atoms with van der Waals surface area (Å²) in [6.45, 7) is 4.37. The third-order valence-electron chi connectivity index (χ3n) is 4.55. The fraction of sp³-hybridized carbons (Fsp3) is 0.381. The Labute approximate surface area is 182 Å². The Morgan fingerprint density at radius 1 is 1.17 bits per heavy atom. The molecule has 0 amide bonds. The first kappa shape index (κ1) is 24.4. The van der Waals surface area contributed by atoms with Gasteiger partial charge in [-0.25, -0.2) is 4.79 Å². The number of hydrogen-bond donors (Lipinski definition) is 2. The molecule has 0 atom stereocenters. The lowest BCUT2D eigenvalue weighted by Crippen LogP contribution is -2.26. The van der Waals surface area contributed by atoms with Crippen LogP contribution in [0.4, 0.5) is 13.2 Å². The summed E-state index contributed by atoms with van der Waals surface area (Å²) in [7, 11) is 1.66. The number of rotatable bonds is 4. The molecular formula is C21H23ClF3NO3S. The molecule has 2 aromatic rings. The van der Waals surface area contributed by atoms with Crippen LogP contribution in [0, 0.1) is 6.92 Å². The molecule has 164 valence electrons. The van der Waals surface area contributed by atoms with Crippen molar-refractivity contribution >= 4 is 29.3 Å². The molecule has 1 saturated heterocycles. The van der Waals surface area contributed by atoms with E-state index in [0.29, 0.717) is 5.92 Å². The zero-order valence-corrected chi connectivity index (χ0v) is 18.1. The predicted molar refractivity (Wildman–Crippen MR) is 112 cm³/mol. The molecule has 2 aromatic carbocycles. The molecule has 4 nitrogen and oxygen atoms in total. The highest BCUT2D eigenvalue weighted by molar-refractivity contribution is 7.99. The first-order valence-electron chi connectivity index (χ1n) is 9.24. The van der Waals surface area contributed by atoms with Crippen molar-refractivity contribution in [2.24, 2.45) is 0 Å². The summed E-state index contributed by atoms with van der Waals surface area (Å²) in [6, 6.07) is 12.6. The number of aliphatic carboxylic acids is 1. The van der Waals surface area contributed by atoms with Gasteiger partial charge in [0.2, 0.25) is 0 Å². The fourth-order valence-corrected chi connectivity index (χ4v) is 4.32. The summed E-state index contributed by atoms with van der Waals surface area (Å²) in [4.78, 5) is 11.3. The normalized spacial score (nSPS) is 14.6. The van der Waals surface area contributed by atoms with Crippen molar-refractivity contribution in [3.8, 4) is 5.75 Å². The molecule has 0 saturated carbocycles. The van der Waals surface area contributed by atoms with Gasteiger partial charge in [-0.05, 0) is 68.6 Å². The lowest BCUT2D eigenvalue weighted by atomic mass is 9.89. The minimum Gasteiger partial charge on any atom is -0.497 e. The standard InChI is InChI=1S/C19H22ClNOS.C2HF3O2/c1-13-3-5-18(16(11-13)14-7-9-21-10-8-14)23-19-6-4-15(22-2)12-17(19)20;3-2(4,5)1(6)7/h3-6,11-12,14,21H,7-10H2,1-2H3;(H,6,7). The maximum Gasteiger partial charge on any atom is 0.490 e. The van der Waals surface area contributed by atoms with E-state index in [9.17, 15) is 13.2 Å². The molecule has 0 unspecified atom stereocenters. The molecule has 9 heteroatoms. The van der Waals surface area contributed by atoms with E-state index in [2.05, 4.69) is 30.4 Å². The first-order chi connectivity index (χ1) is 14.1. The molecule has 1 heterocycles. The Kier molecular flexibility index (Phi) is 8.88. The van der Waals surface area contributed by atoms with Crippen LogP contribution in [0.2, 0.25) is 5.02 Å². The highest BCUT2D eigenvalue weighted by atomic mass is 35.5. The van der Waals surface area contributed by atoms with Crippen LogP contribution in [0.1, 0.15) is 29.9 Å².